The zero-order valence-corrected chi connectivity index (χ0v) is 39.3. The fraction of sp³-hybridized carbons (Fsp3) is 0.0923. The molecule has 5 nitrogen and oxygen atoms in total. The summed E-state index contributed by atoms with van der Waals surface area (Å²) in [5.41, 5.74) is 19.9. The highest BCUT2D eigenvalue weighted by Crippen LogP contribution is 2.66. The molecule has 1 spiro atoms. The van der Waals surface area contributed by atoms with Crippen LogP contribution in [0.5, 0.6) is 11.5 Å². The Morgan fingerprint density at radius 3 is 1.73 bits per heavy atom. The normalized spacial score (nSPS) is 13.9. The molecule has 0 fully saturated rings. The van der Waals surface area contributed by atoms with E-state index in [2.05, 4.69) is 254 Å². The van der Waals surface area contributed by atoms with E-state index in [-0.39, 0.29) is 5.41 Å². The molecule has 0 saturated carbocycles. The lowest BCUT2D eigenvalue weighted by Crippen LogP contribution is -2.37. The number of rotatable bonds is 6. The van der Waals surface area contributed by atoms with Gasteiger partial charge in [0.1, 0.15) is 24.0 Å². The highest BCUT2D eigenvalue weighted by molar-refractivity contribution is 6.10. The second kappa shape index (κ2) is 15.2. The van der Waals surface area contributed by atoms with Gasteiger partial charge in [0.15, 0.2) is 0 Å². The Morgan fingerprint density at radius 1 is 0.443 bits per heavy atom. The summed E-state index contributed by atoms with van der Waals surface area (Å²) in [7, 11) is 0. The average molecular weight is 901 g/mol. The molecule has 0 amide bonds. The van der Waals surface area contributed by atoms with Crippen molar-refractivity contribution in [3.63, 3.8) is 0 Å². The summed E-state index contributed by atoms with van der Waals surface area (Å²) in [5.74, 6) is 2.43. The molecule has 0 N–H and O–H groups in total. The van der Waals surface area contributed by atoms with Gasteiger partial charge in [0, 0.05) is 40.2 Å². The third-order valence-electron chi connectivity index (χ3n) is 15.1. The minimum absolute atomic E-state index is 0.0263. The Labute approximate surface area is 408 Å². The van der Waals surface area contributed by atoms with Crippen LogP contribution in [0.3, 0.4) is 0 Å². The predicted octanol–water partition coefficient (Wildman–Crippen LogP) is 16.5. The van der Waals surface area contributed by atoms with E-state index in [1.807, 2.05) is 6.20 Å². The maximum absolute atomic E-state index is 7.10. The molecule has 9 aromatic carbocycles. The number of hydrogen-bond donors (Lipinski definition) is 0. The second-order valence-corrected chi connectivity index (χ2v) is 19.9. The van der Waals surface area contributed by atoms with E-state index in [1.165, 1.54) is 83.6 Å². The summed E-state index contributed by atoms with van der Waals surface area (Å²) in [5, 5.41) is 2.34. The van der Waals surface area contributed by atoms with Crippen molar-refractivity contribution in [2.24, 2.45) is 0 Å². The van der Waals surface area contributed by atoms with E-state index >= 15 is 0 Å². The molecule has 14 rings (SSSR count). The molecular weight excluding hydrogens is 853 g/mol. The van der Waals surface area contributed by atoms with Crippen LogP contribution in [0.25, 0.3) is 61.0 Å². The second-order valence-electron chi connectivity index (χ2n) is 19.9. The first-order valence-electron chi connectivity index (χ1n) is 24.3. The van der Waals surface area contributed by atoms with E-state index in [1.54, 1.807) is 0 Å². The molecule has 3 aliphatic rings. The Hall–Kier alpha value is -8.67. The van der Waals surface area contributed by atoms with Crippen molar-refractivity contribution in [3.8, 4) is 50.7 Å². The van der Waals surface area contributed by atoms with Crippen LogP contribution in [-0.4, -0.2) is 16.2 Å². The topological polar surface area (TPSA) is 33.5 Å². The SMILES string of the molecule is CC(C)(C)c1ccnc(-n2c3ccccc3c3ccc(Oc4ccc5c(c4)N4CN(c6c(-c7ccccc7)cccc6-c6ccccc6)c6cccc(c64)C54c5ccccc5-c5ccccc54)cc32)c1. The fourth-order valence-electron chi connectivity index (χ4n) is 12.0. The van der Waals surface area contributed by atoms with Gasteiger partial charge in [0.2, 0.25) is 0 Å². The van der Waals surface area contributed by atoms with Crippen molar-refractivity contribution < 1.29 is 4.74 Å². The Kier molecular flexibility index (Phi) is 8.75. The monoisotopic (exact) mass is 900 g/mol. The third-order valence-corrected chi connectivity index (χ3v) is 15.1. The summed E-state index contributed by atoms with van der Waals surface area (Å²) in [6, 6.07) is 79.7. The first-order chi connectivity index (χ1) is 34.4. The molecular formula is C65H48N4O. The van der Waals surface area contributed by atoms with E-state index < -0.39 is 5.41 Å². The molecule has 0 unspecified atom stereocenters. The van der Waals surface area contributed by atoms with E-state index in [0.717, 1.165) is 39.4 Å². The lowest BCUT2D eigenvalue weighted by Gasteiger charge is -2.43. The van der Waals surface area contributed by atoms with Crippen LogP contribution < -0.4 is 14.5 Å². The third kappa shape index (κ3) is 5.81. The molecule has 334 valence electrons. The number of pyridine rings is 1. The van der Waals surface area contributed by atoms with Crippen molar-refractivity contribution in [1.82, 2.24) is 9.55 Å². The molecule has 2 aliphatic heterocycles. The molecule has 0 radical (unpaired) electrons. The fourth-order valence-corrected chi connectivity index (χ4v) is 12.0. The summed E-state index contributed by atoms with van der Waals surface area (Å²) < 4.78 is 9.38. The molecule has 0 bridgehead atoms. The summed E-state index contributed by atoms with van der Waals surface area (Å²) in [6.45, 7) is 7.36. The van der Waals surface area contributed by atoms with Crippen LogP contribution in [-0.2, 0) is 10.8 Å². The van der Waals surface area contributed by atoms with Crippen molar-refractivity contribution in [3.05, 3.63) is 252 Å². The Bertz CT molecular complexity index is 3800. The molecule has 4 heterocycles. The highest BCUT2D eigenvalue weighted by Gasteiger charge is 2.54. The zero-order valence-electron chi connectivity index (χ0n) is 39.3. The van der Waals surface area contributed by atoms with Gasteiger partial charge < -0.3 is 14.5 Å². The first kappa shape index (κ1) is 40.4. The average Bonchev–Trinajstić information content (AvgIpc) is 4.05. The summed E-state index contributed by atoms with van der Waals surface area (Å²) in [4.78, 5) is 10.1. The molecule has 2 aromatic heterocycles. The minimum atomic E-state index is -0.575. The Morgan fingerprint density at radius 2 is 1.01 bits per heavy atom. The van der Waals surface area contributed by atoms with Gasteiger partial charge in [-0.05, 0) is 98.0 Å². The minimum Gasteiger partial charge on any atom is -0.457 e. The lowest BCUT2D eigenvalue weighted by atomic mass is 9.65. The van der Waals surface area contributed by atoms with Crippen LogP contribution in [0.4, 0.5) is 22.7 Å². The van der Waals surface area contributed by atoms with Crippen LogP contribution in [0.15, 0.2) is 225 Å². The summed E-state index contributed by atoms with van der Waals surface area (Å²) >= 11 is 0. The largest absolute Gasteiger partial charge is 0.457 e. The van der Waals surface area contributed by atoms with Gasteiger partial charge in [-0.25, -0.2) is 4.98 Å². The maximum Gasteiger partial charge on any atom is 0.137 e. The van der Waals surface area contributed by atoms with Crippen LogP contribution in [0.1, 0.15) is 48.6 Å². The molecule has 0 atom stereocenters. The van der Waals surface area contributed by atoms with Gasteiger partial charge in [-0.2, -0.15) is 0 Å². The first-order valence-corrected chi connectivity index (χ1v) is 24.3. The summed E-state index contributed by atoms with van der Waals surface area (Å²) in [6.07, 6.45) is 1.93. The van der Waals surface area contributed by atoms with Gasteiger partial charge in [0.05, 0.1) is 39.2 Å². The number of anilines is 4. The molecule has 5 heteroatoms. The lowest BCUT2D eigenvalue weighted by molar-refractivity contribution is 0.482. The van der Waals surface area contributed by atoms with Crippen molar-refractivity contribution in [2.75, 3.05) is 16.5 Å². The van der Waals surface area contributed by atoms with Crippen LogP contribution in [0, 0.1) is 0 Å². The van der Waals surface area contributed by atoms with Crippen molar-refractivity contribution in [1.29, 1.82) is 0 Å². The van der Waals surface area contributed by atoms with Crippen LogP contribution in [0.2, 0.25) is 0 Å². The van der Waals surface area contributed by atoms with Gasteiger partial charge >= 0.3 is 0 Å². The number of fused-ring (bicyclic) bond motifs is 12. The molecule has 11 aromatic rings. The molecule has 70 heavy (non-hydrogen) atoms. The van der Waals surface area contributed by atoms with Gasteiger partial charge in [-0.3, -0.25) is 4.57 Å². The van der Waals surface area contributed by atoms with Crippen molar-refractivity contribution >= 4 is 44.6 Å². The number of hydrogen-bond acceptors (Lipinski definition) is 4. The van der Waals surface area contributed by atoms with E-state index in [9.17, 15) is 0 Å². The smallest absolute Gasteiger partial charge is 0.137 e. The molecule has 0 saturated heterocycles. The van der Waals surface area contributed by atoms with Gasteiger partial charge in [-0.15, -0.1) is 0 Å². The standard InChI is InChI=1S/C65H48N4O/c1-64(2,3)44-36-37-66-61(38-44)69-57-30-15-12-24-51(57)52-34-32-45(39-59(52)69)70-46-33-35-55-60(40-46)68-41-67(62-47(42-18-6-4-7-19-42)25-16-26-48(62)43-20-8-5-9-21-43)58-31-17-29-56(63(58)68)65(55)53-27-13-10-22-49(53)50-23-11-14-28-54(50)65/h4-40H,41H2,1-3H3. The van der Waals surface area contributed by atoms with E-state index in [0.29, 0.717) is 6.67 Å². The zero-order chi connectivity index (χ0) is 46.7. The van der Waals surface area contributed by atoms with Gasteiger partial charge in [0.25, 0.3) is 0 Å². The molecule has 1 aliphatic carbocycles. The quantitative estimate of drug-likeness (QED) is 0.166. The van der Waals surface area contributed by atoms with Crippen LogP contribution >= 0.6 is 0 Å². The maximum atomic E-state index is 7.10. The Balaban J connectivity index is 0.976. The number of benzene rings is 9. The van der Waals surface area contributed by atoms with E-state index in [4.69, 9.17) is 9.72 Å². The van der Waals surface area contributed by atoms with Gasteiger partial charge in [-0.1, -0.05) is 185 Å². The highest BCUT2D eigenvalue weighted by atomic mass is 16.5. The van der Waals surface area contributed by atoms with Crippen molar-refractivity contribution in [2.45, 2.75) is 31.6 Å². The number of aromatic nitrogens is 2. The predicted molar refractivity (Wildman–Crippen MR) is 288 cm³/mol. The number of ether oxygens (including phenoxy) is 1. The number of para-hydroxylation sites is 3. The number of nitrogens with zero attached hydrogens (tertiary/aromatic N) is 4.